The van der Waals surface area contributed by atoms with Crippen molar-refractivity contribution in [1.82, 2.24) is 0 Å². The molecule has 0 aliphatic carbocycles. The van der Waals surface area contributed by atoms with E-state index in [9.17, 15) is 0 Å². The summed E-state index contributed by atoms with van der Waals surface area (Å²) in [6.07, 6.45) is 0. The van der Waals surface area contributed by atoms with Crippen LogP contribution in [0, 0.1) is 0 Å². The summed E-state index contributed by atoms with van der Waals surface area (Å²) in [6, 6.07) is 8.23. The largest absolute Gasteiger partial charge is 0.391 e. The maximum Gasteiger partial charge on any atom is 0.0869 e. The van der Waals surface area contributed by atoms with Crippen LogP contribution in [0.2, 0.25) is 0 Å². The van der Waals surface area contributed by atoms with Crippen molar-refractivity contribution < 1.29 is 0 Å². The van der Waals surface area contributed by atoms with Crippen molar-refractivity contribution in [3.05, 3.63) is 24.3 Å². The van der Waals surface area contributed by atoms with Crippen LogP contribution in [0.3, 0.4) is 0 Å². The van der Waals surface area contributed by atoms with Crippen molar-refractivity contribution in [2.24, 2.45) is 0 Å². The average molecular weight is 220 g/mol. The molecule has 2 heterocycles. The number of anilines is 2. The molecule has 3 rings (SSSR count). The third-order valence-electron chi connectivity index (χ3n) is 2.22. The Labute approximate surface area is 88.8 Å². The van der Waals surface area contributed by atoms with Gasteiger partial charge in [-0.3, -0.25) is 0 Å². The van der Waals surface area contributed by atoms with Crippen LogP contribution in [-0.4, -0.2) is 0 Å². The monoisotopic (exact) mass is 220 g/mol. The van der Waals surface area contributed by atoms with Gasteiger partial charge in [-0.15, -0.1) is 22.7 Å². The van der Waals surface area contributed by atoms with Crippen LogP contribution >= 0.6 is 22.7 Å². The Morgan fingerprint density at radius 1 is 0.929 bits per heavy atom. The van der Waals surface area contributed by atoms with E-state index < -0.39 is 0 Å². The number of nitrogen functional groups attached to an aromatic ring is 2. The topological polar surface area (TPSA) is 52.0 Å². The van der Waals surface area contributed by atoms with Crippen molar-refractivity contribution in [3.8, 4) is 0 Å². The van der Waals surface area contributed by atoms with Gasteiger partial charge in [0.1, 0.15) is 0 Å². The first-order valence-corrected chi connectivity index (χ1v) is 5.84. The molecule has 0 aliphatic rings. The highest BCUT2D eigenvalue weighted by molar-refractivity contribution is 7.26. The number of rotatable bonds is 0. The van der Waals surface area contributed by atoms with E-state index in [-0.39, 0.29) is 0 Å². The van der Waals surface area contributed by atoms with Crippen LogP contribution < -0.4 is 11.5 Å². The van der Waals surface area contributed by atoms with Crippen molar-refractivity contribution in [1.29, 1.82) is 0 Å². The molecule has 0 aliphatic heterocycles. The van der Waals surface area contributed by atoms with Gasteiger partial charge in [-0.05, 0) is 23.6 Å². The Morgan fingerprint density at radius 2 is 1.71 bits per heavy atom. The van der Waals surface area contributed by atoms with Crippen LogP contribution in [0.15, 0.2) is 24.3 Å². The summed E-state index contributed by atoms with van der Waals surface area (Å²) in [5.41, 5.74) is 11.6. The van der Waals surface area contributed by atoms with Gasteiger partial charge in [-0.25, -0.2) is 0 Å². The molecule has 0 atom stereocenters. The van der Waals surface area contributed by atoms with E-state index in [1.54, 1.807) is 22.7 Å². The van der Waals surface area contributed by atoms with Gasteiger partial charge in [0.2, 0.25) is 0 Å². The molecule has 2 aromatic heterocycles. The molecular weight excluding hydrogens is 212 g/mol. The van der Waals surface area contributed by atoms with Gasteiger partial charge < -0.3 is 11.5 Å². The van der Waals surface area contributed by atoms with E-state index in [2.05, 4.69) is 12.1 Å². The summed E-state index contributed by atoms with van der Waals surface area (Å²) in [4.78, 5) is 0. The van der Waals surface area contributed by atoms with Gasteiger partial charge in [0.05, 0.1) is 10.0 Å². The molecule has 0 bridgehead atoms. The lowest BCUT2D eigenvalue weighted by Gasteiger charge is -1.89. The molecule has 0 saturated heterocycles. The minimum absolute atomic E-state index is 0.859. The van der Waals surface area contributed by atoms with E-state index in [1.807, 2.05) is 12.1 Å². The van der Waals surface area contributed by atoms with Crippen molar-refractivity contribution in [2.75, 3.05) is 11.5 Å². The Balaban J connectivity index is 2.58. The first-order valence-electron chi connectivity index (χ1n) is 4.21. The second kappa shape index (κ2) is 2.62. The van der Waals surface area contributed by atoms with Crippen molar-refractivity contribution in [3.63, 3.8) is 0 Å². The minimum Gasteiger partial charge on any atom is -0.391 e. The van der Waals surface area contributed by atoms with Crippen molar-refractivity contribution >= 4 is 52.8 Å². The second-order valence-electron chi connectivity index (χ2n) is 3.19. The molecule has 3 aromatic rings. The summed E-state index contributed by atoms with van der Waals surface area (Å²) in [7, 11) is 0. The molecule has 0 amide bonds. The maximum atomic E-state index is 5.78. The summed E-state index contributed by atoms with van der Waals surface area (Å²) in [6.45, 7) is 0. The number of hydrogen-bond acceptors (Lipinski definition) is 4. The number of fused-ring (bicyclic) bond motifs is 3. The fourth-order valence-corrected chi connectivity index (χ4v) is 3.50. The predicted octanol–water partition coefficient (Wildman–Crippen LogP) is 3.28. The van der Waals surface area contributed by atoms with Gasteiger partial charge in [-0.2, -0.15) is 0 Å². The third kappa shape index (κ3) is 1.01. The molecule has 0 radical (unpaired) electrons. The molecule has 4 N–H and O–H groups in total. The maximum absolute atomic E-state index is 5.78. The summed E-state index contributed by atoms with van der Waals surface area (Å²) < 4.78 is 2.48. The molecule has 0 fully saturated rings. The molecule has 4 heteroatoms. The highest BCUT2D eigenvalue weighted by atomic mass is 32.1. The van der Waals surface area contributed by atoms with E-state index in [1.165, 1.54) is 20.2 Å². The Bertz CT molecular complexity index is 566. The van der Waals surface area contributed by atoms with Gasteiger partial charge in [-0.1, -0.05) is 6.07 Å². The van der Waals surface area contributed by atoms with Crippen LogP contribution in [0.4, 0.5) is 10.0 Å². The number of nitrogens with two attached hydrogens (primary N) is 2. The van der Waals surface area contributed by atoms with E-state index in [4.69, 9.17) is 11.5 Å². The fourth-order valence-electron chi connectivity index (χ4n) is 1.65. The molecule has 0 saturated carbocycles. The molecule has 0 spiro atoms. The van der Waals surface area contributed by atoms with Crippen LogP contribution in [0.25, 0.3) is 20.2 Å². The van der Waals surface area contributed by atoms with E-state index in [0.29, 0.717) is 0 Å². The summed E-state index contributed by atoms with van der Waals surface area (Å²) in [5.74, 6) is 0. The van der Waals surface area contributed by atoms with Crippen LogP contribution in [-0.2, 0) is 0 Å². The van der Waals surface area contributed by atoms with Gasteiger partial charge >= 0.3 is 0 Å². The number of benzene rings is 1. The SMILES string of the molecule is Nc1cc2c(ccc3cc(N)sc32)s1. The third-order valence-corrected chi connectivity index (χ3v) is 4.16. The summed E-state index contributed by atoms with van der Waals surface area (Å²) in [5, 5.41) is 4.15. The van der Waals surface area contributed by atoms with Gasteiger partial charge in [0.25, 0.3) is 0 Å². The van der Waals surface area contributed by atoms with Gasteiger partial charge in [0, 0.05) is 14.8 Å². The quantitative estimate of drug-likeness (QED) is 0.611. The number of hydrogen-bond donors (Lipinski definition) is 2. The Hall–Kier alpha value is -1.26. The van der Waals surface area contributed by atoms with Crippen LogP contribution in [0.1, 0.15) is 0 Å². The molecule has 14 heavy (non-hydrogen) atoms. The fraction of sp³-hybridized carbons (Fsp3) is 0. The Kier molecular flexibility index (Phi) is 1.51. The Morgan fingerprint density at radius 3 is 2.57 bits per heavy atom. The number of thiophene rings is 2. The van der Waals surface area contributed by atoms with E-state index in [0.717, 1.165) is 10.0 Å². The molecule has 0 unspecified atom stereocenters. The van der Waals surface area contributed by atoms with Crippen LogP contribution in [0.5, 0.6) is 0 Å². The van der Waals surface area contributed by atoms with Crippen molar-refractivity contribution in [2.45, 2.75) is 0 Å². The summed E-state index contributed by atoms with van der Waals surface area (Å²) >= 11 is 3.24. The first kappa shape index (κ1) is 8.08. The molecular formula is C10H8N2S2. The lowest BCUT2D eigenvalue weighted by atomic mass is 10.2. The lowest BCUT2D eigenvalue weighted by molar-refractivity contribution is 1.95. The zero-order valence-electron chi connectivity index (χ0n) is 7.28. The highest BCUT2D eigenvalue weighted by Gasteiger charge is 2.06. The molecule has 2 nitrogen and oxygen atoms in total. The first-order chi connectivity index (χ1) is 6.74. The zero-order valence-corrected chi connectivity index (χ0v) is 8.91. The predicted molar refractivity (Wildman–Crippen MR) is 66.0 cm³/mol. The zero-order chi connectivity index (χ0) is 9.71. The lowest BCUT2D eigenvalue weighted by Crippen LogP contribution is -1.73. The standard InChI is InChI=1S/C10H8N2S2/c11-8-3-5-1-2-7-6(10(5)14-8)4-9(12)13-7/h1-4H,11-12H2. The van der Waals surface area contributed by atoms with E-state index >= 15 is 0 Å². The van der Waals surface area contributed by atoms with Gasteiger partial charge in [0.15, 0.2) is 0 Å². The second-order valence-corrected chi connectivity index (χ2v) is 5.39. The molecule has 70 valence electrons. The normalized spacial score (nSPS) is 11.4. The molecule has 1 aromatic carbocycles. The highest BCUT2D eigenvalue weighted by Crippen LogP contribution is 2.38. The smallest absolute Gasteiger partial charge is 0.0869 e. The average Bonchev–Trinajstić information content (AvgIpc) is 2.65. The minimum atomic E-state index is 0.859.